The quantitative estimate of drug-likeness (QED) is 0.793. The Morgan fingerprint density at radius 1 is 1.52 bits per heavy atom. The number of rotatable bonds is 5. The highest BCUT2D eigenvalue weighted by Gasteiger charge is 2.25. The molecule has 2 heterocycles. The second-order valence-electron chi connectivity index (χ2n) is 5.30. The van der Waals surface area contributed by atoms with Crippen LogP contribution in [-0.2, 0) is 0 Å². The van der Waals surface area contributed by atoms with Crippen LogP contribution in [0, 0.1) is 0 Å². The topological polar surface area (TPSA) is 80.0 Å². The molecule has 1 aliphatic rings. The summed E-state index contributed by atoms with van der Waals surface area (Å²) in [5, 5.41) is 7.22. The summed E-state index contributed by atoms with van der Waals surface area (Å²) in [6.07, 6.45) is 5.72. The number of amides is 1. The maximum absolute atomic E-state index is 12.1. The van der Waals surface area contributed by atoms with E-state index in [-0.39, 0.29) is 11.9 Å². The van der Waals surface area contributed by atoms with E-state index in [0.717, 1.165) is 23.4 Å². The van der Waals surface area contributed by atoms with Crippen LogP contribution >= 0.6 is 11.3 Å². The Hall–Kier alpha value is -2.08. The van der Waals surface area contributed by atoms with Crippen molar-refractivity contribution in [3.8, 4) is 0 Å². The molecule has 1 atom stereocenters. The third-order valence-electron chi connectivity index (χ3n) is 3.42. The number of aromatic nitrogens is 1. The Kier molecular flexibility index (Phi) is 3.79. The molecule has 0 bridgehead atoms. The minimum atomic E-state index is -0.0675. The predicted octanol–water partition coefficient (Wildman–Crippen LogP) is 2.79. The van der Waals surface area contributed by atoms with E-state index in [1.54, 1.807) is 6.20 Å². The Morgan fingerprint density at radius 3 is 3.00 bits per heavy atom. The van der Waals surface area contributed by atoms with Crippen molar-refractivity contribution in [2.24, 2.45) is 0 Å². The van der Waals surface area contributed by atoms with Gasteiger partial charge in [-0.05, 0) is 37.5 Å². The first-order valence-electron chi connectivity index (χ1n) is 7.00. The van der Waals surface area contributed by atoms with Crippen molar-refractivity contribution >= 4 is 27.9 Å². The van der Waals surface area contributed by atoms with Gasteiger partial charge in [0.15, 0.2) is 0 Å². The molecule has 1 unspecified atom stereocenters. The van der Waals surface area contributed by atoms with Gasteiger partial charge in [0.2, 0.25) is 0 Å². The van der Waals surface area contributed by atoms with Crippen molar-refractivity contribution in [2.45, 2.75) is 31.8 Å². The number of pyridine rings is 1. The maximum Gasteiger partial charge on any atom is 0.263 e. The number of carbonyl (C=O) groups excluding carboxylic acids is 1. The number of thiophene rings is 1. The zero-order valence-corrected chi connectivity index (χ0v) is 12.6. The highest BCUT2D eigenvalue weighted by molar-refractivity contribution is 7.18. The molecule has 2 aromatic heterocycles. The number of anilines is 2. The lowest BCUT2D eigenvalue weighted by Crippen LogP contribution is -2.25. The van der Waals surface area contributed by atoms with Crippen LogP contribution in [0.5, 0.6) is 0 Å². The number of nitrogens with two attached hydrogens (primary N) is 1. The van der Waals surface area contributed by atoms with Crippen molar-refractivity contribution in [1.29, 1.82) is 0 Å². The van der Waals surface area contributed by atoms with Gasteiger partial charge < -0.3 is 16.4 Å². The summed E-state index contributed by atoms with van der Waals surface area (Å²) in [4.78, 5) is 16.8. The summed E-state index contributed by atoms with van der Waals surface area (Å²) in [5.41, 5.74) is 7.57. The van der Waals surface area contributed by atoms with E-state index >= 15 is 0 Å². The Bertz CT molecular complexity index is 636. The van der Waals surface area contributed by atoms with Crippen LogP contribution in [0.2, 0.25) is 0 Å². The SMILES string of the molecule is CC(Nc1cc(N)c(C(=O)NC2CC2)s1)c1cccnc1. The zero-order chi connectivity index (χ0) is 14.8. The third kappa shape index (κ3) is 3.33. The molecule has 0 aliphatic heterocycles. The van der Waals surface area contributed by atoms with Gasteiger partial charge >= 0.3 is 0 Å². The minimum absolute atomic E-state index is 0.0675. The molecule has 0 radical (unpaired) electrons. The van der Waals surface area contributed by atoms with E-state index in [4.69, 9.17) is 5.73 Å². The third-order valence-corrected chi connectivity index (χ3v) is 4.50. The molecule has 6 heteroatoms. The average molecular weight is 302 g/mol. The van der Waals surface area contributed by atoms with Crippen LogP contribution in [0.15, 0.2) is 30.6 Å². The first-order chi connectivity index (χ1) is 10.1. The van der Waals surface area contributed by atoms with Gasteiger partial charge in [0.1, 0.15) is 4.88 Å². The number of nitrogen functional groups attached to an aromatic ring is 1. The molecule has 110 valence electrons. The van der Waals surface area contributed by atoms with Crippen LogP contribution in [0.3, 0.4) is 0 Å². The summed E-state index contributed by atoms with van der Waals surface area (Å²) in [5.74, 6) is -0.0675. The van der Waals surface area contributed by atoms with E-state index in [1.165, 1.54) is 11.3 Å². The van der Waals surface area contributed by atoms with E-state index < -0.39 is 0 Å². The Balaban J connectivity index is 1.70. The molecule has 0 saturated heterocycles. The molecule has 0 aromatic carbocycles. The molecule has 1 aliphatic carbocycles. The van der Waals surface area contributed by atoms with Gasteiger partial charge in [0.25, 0.3) is 5.91 Å². The molecular formula is C15H18N4OS. The maximum atomic E-state index is 12.1. The van der Waals surface area contributed by atoms with Crippen LogP contribution < -0.4 is 16.4 Å². The summed E-state index contributed by atoms with van der Waals surface area (Å²) >= 11 is 1.39. The van der Waals surface area contributed by atoms with Crippen molar-refractivity contribution in [2.75, 3.05) is 11.1 Å². The van der Waals surface area contributed by atoms with Gasteiger partial charge in [-0.2, -0.15) is 0 Å². The molecular weight excluding hydrogens is 284 g/mol. The number of nitrogens with one attached hydrogen (secondary N) is 2. The van der Waals surface area contributed by atoms with Gasteiger partial charge in [-0.1, -0.05) is 6.07 Å². The first-order valence-corrected chi connectivity index (χ1v) is 7.82. The monoisotopic (exact) mass is 302 g/mol. The largest absolute Gasteiger partial charge is 0.397 e. The Labute approximate surface area is 127 Å². The summed E-state index contributed by atoms with van der Waals surface area (Å²) in [6.45, 7) is 2.05. The summed E-state index contributed by atoms with van der Waals surface area (Å²) < 4.78 is 0. The molecule has 4 N–H and O–H groups in total. The standard InChI is InChI=1S/C15H18N4OS/c1-9(10-3-2-6-17-8-10)18-13-7-12(16)14(21-13)15(20)19-11-4-5-11/h2-3,6-9,11,18H,4-5,16H2,1H3,(H,19,20). The first kappa shape index (κ1) is 13.9. The fraction of sp³-hybridized carbons (Fsp3) is 0.333. The number of carbonyl (C=O) groups is 1. The number of hydrogen-bond donors (Lipinski definition) is 3. The van der Waals surface area contributed by atoms with Crippen molar-refractivity contribution < 1.29 is 4.79 Å². The van der Waals surface area contributed by atoms with Crippen LogP contribution in [0.25, 0.3) is 0 Å². The predicted molar refractivity (Wildman–Crippen MR) is 85.5 cm³/mol. The average Bonchev–Trinajstić information content (AvgIpc) is 3.21. The molecule has 0 spiro atoms. The molecule has 1 saturated carbocycles. The second-order valence-corrected chi connectivity index (χ2v) is 6.35. The van der Waals surface area contributed by atoms with E-state index in [1.807, 2.05) is 24.4 Å². The van der Waals surface area contributed by atoms with Crippen LogP contribution in [0.4, 0.5) is 10.7 Å². The lowest BCUT2D eigenvalue weighted by atomic mass is 10.1. The second kappa shape index (κ2) is 5.73. The van der Waals surface area contributed by atoms with Crippen molar-refractivity contribution in [3.63, 3.8) is 0 Å². The number of hydrogen-bond acceptors (Lipinski definition) is 5. The van der Waals surface area contributed by atoms with Crippen molar-refractivity contribution in [1.82, 2.24) is 10.3 Å². The minimum Gasteiger partial charge on any atom is -0.397 e. The molecule has 3 rings (SSSR count). The fourth-order valence-electron chi connectivity index (χ4n) is 2.06. The van der Waals surface area contributed by atoms with Crippen molar-refractivity contribution in [3.05, 3.63) is 41.0 Å². The van der Waals surface area contributed by atoms with E-state index in [0.29, 0.717) is 16.6 Å². The molecule has 2 aromatic rings. The molecule has 5 nitrogen and oxygen atoms in total. The zero-order valence-electron chi connectivity index (χ0n) is 11.8. The number of nitrogens with zero attached hydrogens (tertiary/aromatic N) is 1. The summed E-state index contributed by atoms with van der Waals surface area (Å²) in [6, 6.07) is 6.19. The van der Waals surface area contributed by atoms with E-state index in [2.05, 4.69) is 22.5 Å². The fourth-order valence-corrected chi connectivity index (χ4v) is 3.03. The van der Waals surface area contributed by atoms with Gasteiger partial charge in [0, 0.05) is 18.4 Å². The van der Waals surface area contributed by atoms with Gasteiger partial charge in [0.05, 0.1) is 16.7 Å². The normalized spacial score (nSPS) is 15.5. The Morgan fingerprint density at radius 2 is 2.33 bits per heavy atom. The highest BCUT2D eigenvalue weighted by Crippen LogP contribution is 2.32. The molecule has 1 amide bonds. The van der Waals surface area contributed by atoms with Crippen LogP contribution in [-0.4, -0.2) is 16.9 Å². The lowest BCUT2D eigenvalue weighted by Gasteiger charge is -2.13. The summed E-state index contributed by atoms with van der Waals surface area (Å²) in [7, 11) is 0. The van der Waals surface area contributed by atoms with Gasteiger partial charge in [-0.15, -0.1) is 11.3 Å². The highest BCUT2D eigenvalue weighted by atomic mass is 32.1. The smallest absolute Gasteiger partial charge is 0.263 e. The molecule has 1 fully saturated rings. The van der Waals surface area contributed by atoms with Crippen LogP contribution in [0.1, 0.15) is 41.0 Å². The van der Waals surface area contributed by atoms with Gasteiger partial charge in [-0.3, -0.25) is 9.78 Å². The van der Waals surface area contributed by atoms with Gasteiger partial charge in [-0.25, -0.2) is 0 Å². The molecule has 21 heavy (non-hydrogen) atoms. The lowest BCUT2D eigenvalue weighted by molar-refractivity contribution is 0.0956. The van der Waals surface area contributed by atoms with E-state index in [9.17, 15) is 4.79 Å².